The normalized spacial score (nSPS) is 23.1. The van der Waals surface area contributed by atoms with Crippen LogP contribution in [0.25, 0.3) is 0 Å². The Morgan fingerprint density at radius 2 is 2.14 bits per heavy atom. The zero-order chi connectivity index (χ0) is 14.3. The topological polar surface area (TPSA) is 33.7 Å². The average molecular weight is 290 g/mol. The minimum absolute atomic E-state index is 0.439. The van der Waals surface area contributed by atoms with Gasteiger partial charge in [-0.05, 0) is 44.5 Å². The Hall–Kier alpha value is -1.26. The van der Waals surface area contributed by atoms with Crippen molar-refractivity contribution in [2.24, 2.45) is 0 Å². The highest BCUT2D eigenvalue weighted by molar-refractivity contribution is 5.49. The van der Waals surface area contributed by atoms with Gasteiger partial charge in [-0.2, -0.15) is 0 Å². The Kier molecular flexibility index (Phi) is 5.35. The molecule has 2 fully saturated rings. The predicted octanol–water partition coefficient (Wildman–Crippen LogP) is 2.75. The van der Waals surface area contributed by atoms with E-state index in [1.807, 2.05) is 12.1 Å². The summed E-state index contributed by atoms with van der Waals surface area (Å²) in [5.41, 5.74) is 1.13. The lowest BCUT2D eigenvalue weighted by molar-refractivity contribution is 0.183. The van der Waals surface area contributed by atoms with Crippen LogP contribution in [0.4, 0.5) is 5.69 Å². The quantitative estimate of drug-likeness (QED) is 0.873. The summed E-state index contributed by atoms with van der Waals surface area (Å²) in [6.45, 7) is 5.94. The fourth-order valence-electron chi connectivity index (χ4n) is 3.04. The van der Waals surface area contributed by atoms with E-state index in [4.69, 9.17) is 9.47 Å². The molecule has 2 aliphatic heterocycles. The van der Waals surface area contributed by atoms with E-state index in [0.717, 1.165) is 44.2 Å². The molecule has 2 aliphatic rings. The number of likely N-dealkylation sites (tertiary alicyclic amines) is 1. The van der Waals surface area contributed by atoms with Gasteiger partial charge >= 0.3 is 0 Å². The number of ether oxygens (including phenoxy) is 2. The molecule has 3 rings (SSSR count). The molecule has 0 bridgehead atoms. The van der Waals surface area contributed by atoms with Crippen LogP contribution in [-0.4, -0.2) is 50.4 Å². The Morgan fingerprint density at radius 1 is 1.24 bits per heavy atom. The summed E-state index contributed by atoms with van der Waals surface area (Å²) < 4.78 is 11.3. The van der Waals surface area contributed by atoms with Gasteiger partial charge < -0.3 is 14.8 Å². The highest BCUT2D eigenvalue weighted by Gasteiger charge is 2.15. The van der Waals surface area contributed by atoms with E-state index < -0.39 is 0 Å². The van der Waals surface area contributed by atoms with Crippen LogP contribution in [-0.2, 0) is 4.74 Å². The molecular weight excluding hydrogens is 264 g/mol. The molecule has 4 heteroatoms. The lowest BCUT2D eigenvalue weighted by Gasteiger charge is -2.26. The maximum atomic E-state index is 5.90. The molecule has 4 nitrogen and oxygen atoms in total. The molecule has 0 radical (unpaired) electrons. The second-order valence-corrected chi connectivity index (χ2v) is 5.98. The molecular formula is C17H26N2O2. The van der Waals surface area contributed by atoms with E-state index in [0.29, 0.717) is 6.04 Å². The predicted molar refractivity (Wildman–Crippen MR) is 85.1 cm³/mol. The molecule has 0 aliphatic carbocycles. The molecule has 116 valence electrons. The van der Waals surface area contributed by atoms with Gasteiger partial charge in [0.25, 0.3) is 0 Å². The second-order valence-electron chi connectivity index (χ2n) is 5.98. The fourth-order valence-corrected chi connectivity index (χ4v) is 3.04. The van der Waals surface area contributed by atoms with Gasteiger partial charge in [-0.15, -0.1) is 0 Å². The van der Waals surface area contributed by atoms with Crippen LogP contribution in [0, 0.1) is 0 Å². The monoisotopic (exact) mass is 290 g/mol. The summed E-state index contributed by atoms with van der Waals surface area (Å²) in [5, 5.41) is 3.51. The molecule has 0 spiro atoms. The molecule has 1 aromatic rings. The van der Waals surface area contributed by atoms with E-state index in [-0.39, 0.29) is 0 Å². The number of hydrogen-bond acceptors (Lipinski definition) is 4. The molecule has 0 aromatic heterocycles. The van der Waals surface area contributed by atoms with Gasteiger partial charge in [-0.25, -0.2) is 0 Å². The summed E-state index contributed by atoms with van der Waals surface area (Å²) in [6, 6.07) is 8.71. The van der Waals surface area contributed by atoms with Crippen LogP contribution in [0.1, 0.15) is 25.7 Å². The minimum Gasteiger partial charge on any atom is -0.492 e. The third-order valence-electron chi connectivity index (χ3n) is 4.26. The minimum atomic E-state index is 0.439. The first-order valence-corrected chi connectivity index (χ1v) is 8.20. The molecule has 1 aromatic carbocycles. The highest BCUT2D eigenvalue weighted by atomic mass is 16.5. The maximum absolute atomic E-state index is 5.90. The first-order chi connectivity index (χ1) is 10.4. The van der Waals surface area contributed by atoms with Crippen molar-refractivity contribution < 1.29 is 9.47 Å². The van der Waals surface area contributed by atoms with Gasteiger partial charge in [-0.3, -0.25) is 4.90 Å². The smallest absolute Gasteiger partial charge is 0.121 e. The summed E-state index contributed by atoms with van der Waals surface area (Å²) in [7, 11) is 0. The van der Waals surface area contributed by atoms with Crippen LogP contribution in [0.2, 0.25) is 0 Å². The molecule has 0 saturated carbocycles. The average Bonchev–Trinajstić information content (AvgIpc) is 3.02. The zero-order valence-electron chi connectivity index (χ0n) is 12.7. The van der Waals surface area contributed by atoms with E-state index in [1.54, 1.807) is 0 Å². The largest absolute Gasteiger partial charge is 0.492 e. The van der Waals surface area contributed by atoms with Crippen molar-refractivity contribution in [1.29, 1.82) is 0 Å². The Morgan fingerprint density at radius 3 is 2.95 bits per heavy atom. The number of hydrogen-bond donors (Lipinski definition) is 1. The van der Waals surface area contributed by atoms with E-state index in [2.05, 4.69) is 22.3 Å². The number of benzene rings is 1. The van der Waals surface area contributed by atoms with Crippen molar-refractivity contribution in [1.82, 2.24) is 4.90 Å². The Labute approximate surface area is 127 Å². The van der Waals surface area contributed by atoms with Crippen LogP contribution in [0.15, 0.2) is 24.3 Å². The molecule has 21 heavy (non-hydrogen) atoms. The Bertz CT molecular complexity index is 427. The standard InChI is InChI=1S/C17H26N2O2/c1-2-8-19(9-3-1)10-12-21-17-6-4-5-15(13-17)18-16-7-11-20-14-16/h4-6,13,16,18H,1-3,7-12,14H2/t16-/m0/s1. The third-order valence-corrected chi connectivity index (χ3v) is 4.26. The first-order valence-electron chi connectivity index (χ1n) is 8.20. The summed E-state index contributed by atoms with van der Waals surface area (Å²) in [5.74, 6) is 0.955. The number of nitrogens with one attached hydrogen (secondary N) is 1. The first kappa shape index (κ1) is 14.7. The summed E-state index contributed by atoms with van der Waals surface area (Å²) >= 11 is 0. The van der Waals surface area contributed by atoms with Crippen LogP contribution < -0.4 is 10.1 Å². The summed E-state index contributed by atoms with van der Waals surface area (Å²) in [6.07, 6.45) is 5.14. The summed E-state index contributed by atoms with van der Waals surface area (Å²) in [4.78, 5) is 2.50. The second kappa shape index (κ2) is 7.66. The third kappa shape index (κ3) is 4.61. The van der Waals surface area contributed by atoms with E-state index in [9.17, 15) is 0 Å². The molecule has 0 unspecified atom stereocenters. The van der Waals surface area contributed by atoms with Gasteiger partial charge in [0.15, 0.2) is 0 Å². The van der Waals surface area contributed by atoms with Crippen molar-refractivity contribution >= 4 is 5.69 Å². The van der Waals surface area contributed by atoms with Gasteiger partial charge in [0, 0.05) is 24.9 Å². The molecule has 1 N–H and O–H groups in total. The molecule has 2 heterocycles. The van der Waals surface area contributed by atoms with Gasteiger partial charge in [0.2, 0.25) is 0 Å². The number of nitrogens with zero attached hydrogens (tertiary/aromatic N) is 1. The highest BCUT2D eigenvalue weighted by Crippen LogP contribution is 2.20. The number of anilines is 1. The zero-order valence-corrected chi connectivity index (χ0v) is 12.7. The van der Waals surface area contributed by atoms with Crippen molar-refractivity contribution in [2.75, 3.05) is 44.8 Å². The number of piperidine rings is 1. The van der Waals surface area contributed by atoms with Crippen molar-refractivity contribution in [3.8, 4) is 5.75 Å². The molecule has 2 saturated heterocycles. The maximum Gasteiger partial charge on any atom is 0.121 e. The van der Waals surface area contributed by atoms with Gasteiger partial charge in [0.05, 0.1) is 12.6 Å². The number of rotatable bonds is 6. The van der Waals surface area contributed by atoms with Crippen molar-refractivity contribution in [3.63, 3.8) is 0 Å². The van der Waals surface area contributed by atoms with Crippen LogP contribution in [0.5, 0.6) is 5.75 Å². The van der Waals surface area contributed by atoms with Crippen LogP contribution in [0.3, 0.4) is 0 Å². The lowest BCUT2D eigenvalue weighted by Crippen LogP contribution is -2.33. The van der Waals surface area contributed by atoms with Gasteiger partial charge in [0.1, 0.15) is 12.4 Å². The molecule has 0 amide bonds. The van der Waals surface area contributed by atoms with E-state index in [1.165, 1.54) is 32.4 Å². The molecule has 1 atom stereocenters. The fraction of sp³-hybridized carbons (Fsp3) is 0.647. The Balaban J connectivity index is 1.44. The SMILES string of the molecule is c1cc(N[C@H]2CCOC2)cc(OCCN2CCCCC2)c1. The lowest BCUT2D eigenvalue weighted by atomic mass is 10.1. The van der Waals surface area contributed by atoms with Gasteiger partial charge in [-0.1, -0.05) is 12.5 Å². The van der Waals surface area contributed by atoms with Crippen molar-refractivity contribution in [2.45, 2.75) is 31.7 Å². The van der Waals surface area contributed by atoms with Crippen LogP contribution >= 0.6 is 0 Å². The van der Waals surface area contributed by atoms with E-state index >= 15 is 0 Å². The van der Waals surface area contributed by atoms with Crippen molar-refractivity contribution in [3.05, 3.63) is 24.3 Å².